The maximum Gasteiger partial charge on any atom is 0.230 e. The van der Waals surface area contributed by atoms with Gasteiger partial charge in [-0.05, 0) is 43.4 Å². The zero-order valence-electron chi connectivity index (χ0n) is 13.6. The number of nitrogens with two attached hydrogens (primary N) is 1. The smallest absolute Gasteiger partial charge is 0.230 e. The van der Waals surface area contributed by atoms with E-state index in [1.54, 1.807) is 7.11 Å². The molecule has 5 nitrogen and oxygen atoms in total. The highest BCUT2D eigenvalue weighted by Gasteiger charge is 2.47. The van der Waals surface area contributed by atoms with Crippen molar-refractivity contribution < 1.29 is 9.26 Å². The lowest BCUT2D eigenvalue weighted by Crippen LogP contribution is -2.45. The van der Waals surface area contributed by atoms with Gasteiger partial charge >= 0.3 is 0 Å². The fourth-order valence-corrected chi connectivity index (χ4v) is 3.87. The average Bonchev–Trinajstić information content (AvgIpc) is 2.85. The Kier molecular flexibility index (Phi) is 3.61. The minimum absolute atomic E-state index is 0.0708. The summed E-state index contributed by atoms with van der Waals surface area (Å²) in [4.78, 5) is 4.71. The van der Waals surface area contributed by atoms with E-state index in [-0.39, 0.29) is 23.0 Å². The first-order valence-corrected chi connectivity index (χ1v) is 8.05. The Morgan fingerprint density at radius 1 is 1.29 bits per heavy atom. The Labute approximate surface area is 126 Å². The van der Waals surface area contributed by atoms with Crippen LogP contribution in [-0.4, -0.2) is 23.3 Å². The first-order chi connectivity index (χ1) is 9.90. The second kappa shape index (κ2) is 5.06. The van der Waals surface area contributed by atoms with Gasteiger partial charge < -0.3 is 15.0 Å². The molecule has 1 aromatic rings. The van der Waals surface area contributed by atoms with E-state index in [4.69, 9.17) is 20.0 Å². The molecule has 2 fully saturated rings. The monoisotopic (exact) mass is 293 g/mol. The Morgan fingerprint density at radius 2 is 2.00 bits per heavy atom. The maximum absolute atomic E-state index is 6.23. The van der Waals surface area contributed by atoms with Gasteiger partial charge in [0.25, 0.3) is 0 Å². The first-order valence-electron chi connectivity index (χ1n) is 8.05. The summed E-state index contributed by atoms with van der Waals surface area (Å²) >= 11 is 0. The van der Waals surface area contributed by atoms with Crippen molar-refractivity contribution >= 4 is 0 Å². The molecular weight excluding hydrogens is 266 g/mol. The number of hydrogen-bond acceptors (Lipinski definition) is 5. The molecule has 3 unspecified atom stereocenters. The first kappa shape index (κ1) is 15.0. The summed E-state index contributed by atoms with van der Waals surface area (Å²) in [6, 6.07) is 0.260. The molecule has 2 N–H and O–H groups in total. The molecule has 0 saturated heterocycles. The lowest BCUT2D eigenvalue weighted by atomic mass is 9.61. The van der Waals surface area contributed by atoms with E-state index in [0.717, 1.165) is 37.4 Å². The highest BCUT2D eigenvalue weighted by Crippen LogP contribution is 2.50. The molecule has 0 bridgehead atoms. The van der Waals surface area contributed by atoms with E-state index in [0.29, 0.717) is 5.92 Å². The molecule has 0 radical (unpaired) electrons. The summed E-state index contributed by atoms with van der Waals surface area (Å²) < 4.78 is 11.3. The van der Waals surface area contributed by atoms with Crippen LogP contribution in [0.4, 0.5) is 0 Å². The summed E-state index contributed by atoms with van der Waals surface area (Å²) in [5.74, 6) is 2.20. The molecule has 5 heteroatoms. The van der Waals surface area contributed by atoms with E-state index in [1.807, 2.05) is 0 Å². The van der Waals surface area contributed by atoms with Gasteiger partial charge in [0.2, 0.25) is 11.7 Å². The van der Waals surface area contributed by atoms with E-state index in [1.165, 1.54) is 6.42 Å². The predicted molar refractivity (Wildman–Crippen MR) is 79.7 cm³/mol. The maximum atomic E-state index is 6.23. The van der Waals surface area contributed by atoms with Crippen LogP contribution in [-0.2, 0) is 10.3 Å². The number of hydrogen-bond donors (Lipinski definition) is 1. The molecule has 1 heterocycles. The van der Waals surface area contributed by atoms with Gasteiger partial charge in [-0.15, -0.1) is 0 Å². The fraction of sp³-hybridized carbons (Fsp3) is 0.875. The van der Waals surface area contributed by atoms with Crippen LogP contribution in [0.15, 0.2) is 4.52 Å². The van der Waals surface area contributed by atoms with Crippen molar-refractivity contribution in [3.63, 3.8) is 0 Å². The van der Waals surface area contributed by atoms with Crippen molar-refractivity contribution in [2.24, 2.45) is 17.1 Å². The lowest BCUT2D eigenvalue weighted by Gasteiger charge is -2.45. The van der Waals surface area contributed by atoms with Gasteiger partial charge in [-0.2, -0.15) is 4.98 Å². The predicted octanol–water partition coefficient (Wildman–Crippen LogP) is 2.96. The number of ether oxygens (including phenoxy) is 1. The molecule has 2 aliphatic carbocycles. The van der Waals surface area contributed by atoms with Gasteiger partial charge in [-0.3, -0.25) is 0 Å². The van der Waals surface area contributed by atoms with Crippen LogP contribution >= 0.6 is 0 Å². The molecule has 0 aromatic carbocycles. The van der Waals surface area contributed by atoms with Crippen LogP contribution < -0.4 is 5.73 Å². The van der Waals surface area contributed by atoms with Crippen molar-refractivity contribution in [1.82, 2.24) is 10.1 Å². The molecule has 0 amide bonds. The Balaban J connectivity index is 1.86. The SMILES string of the molecule is COC1(c2noc(C3CCC(N)C(C)C3(C)C)n2)CCC1. The molecule has 0 spiro atoms. The molecule has 1 aromatic heterocycles. The van der Waals surface area contributed by atoms with Crippen molar-refractivity contribution in [3.05, 3.63) is 11.7 Å². The molecule has 3 rings (SSSR count). The third kappa shape index (κ3) is 2.21. The molecule has 21 heavy (non-hydrogen) atoms. The summed E-state index contributed by atoms with van der Waals surface area (Å²) in [6.45, 7) is 6.76. The Morgan fingerprint density at radius 3 is 2.57 bits per heavy atom. The van der Waals surface area contributed by atoms with Crippen molar-refractivity contribution in [2.75, 3.05) is 7.11 Å². The molecule has 2 saturated carbocycles. The minimum atomic E-state index is -0.303. The van der Waals surface area contributed by atoms with Gasteiger partial charge in [-0.1, -0.05) is 25.9 Å². The van der Waals surface area contributed by atoms with E-state index in [9.17, 15) is 0 Å². The van der Waals surface area contributed by atoms with Crippen molar-refractivity contribution in [1.29, 1.82) is 0 Å². The van der Waals surface area contributed by atoms with Gasteiger partial charge in [0.05, 0.1) is 0 Å². The third-order valence-corrected chi connectivity index (χ3v) is 6.20. The van der Waals surface area contributed by atoms with Gasteiger partial charge in [0.1, 0.15) is 5.60 Å². The molecule has 0 aliphatic heterocycles. The van der Waals surface area contributed by atoms with Gasteiger partial charge in [0.15, 0.2) is 0 Å². The summed E-state index contributed by atoms with van der Waals surface area (Å²) in [5, 5.41) is 4.22. The summed E-state index contributed by atoms with van der Waals surface area (Å²) in [6.07, 6.45) is 5.16. The lowest BCUT2D eigenvalue weighted by molar-refractivity contribution is -0.0858. The normalized spacial score (nSPS) is 34.4. The molecule has 2 aliphatic rings. The van der Waals surface area contributed by atoms with Gasteiger partial charge in [0, 0.05) is 19.1 Å². The second-order valence-corrected chi connectivity index (χ2v) is 7.41. The van der Waals surface area contributed by atoms with Crippen LogP contribution in [0.2, 0.25) is 0 Å². The van der Waals surface area contributed by atoms with E-state index >= 15 is 0 Å². The highest BCUT2D eigenvalue weighted by atomic mass is 16.5. The van der Waals surface area contributed by atoms with Gasteiger partial charge in [-0.25, -0.2) is 0 Å². The highest BCUT2D eigenvalue weighted by molar-refractivity contribution is 5.11. The molecule has 3 atom stereocenters. The van der Waals surface area contributed by atoms with Crippen molar-refractivity contribution in [2.45, 2.75) is 70.4 Å². The summed E-state index contributed by atoms with van der Waals surface area (Å²) in [7, 11) is 1.74. The topological polar surface area (TPSA) is 74.2 Å². The largest absolute Gasteiger partial charge is 0.370 e. The zero-order chi connectivity index (χ0) is 15.3. The van der Waals surface area contributed by atoms with E-state index < -0.39 is 0 Å². The number of methoxy groups -OCH3 is 1. The summed E-state index contributed by atoms with van der Waals surface area (Å²) in [5.41, 5.74) is 6.00. The third-order valence-electron chi connectivity index (χ3n) is 6.20. The average molecular weight is 293 g/mol. The van der Waals surface area contributed by atoms with Crippen LogP contribution in [0.1, 0.15) is 70.5 Å². The quantitative estimate of drug-likeness (QED) is 0.927. The zero-order valence-corrected chi connectivity index (χ0v) is 13.6. The van der Waals surface area contributed by atoms with Crippen molar-refractivity contribution in [3.8, 4) is 0 Å². The number of rotatable bonds is 3. The minimum Gasteiger partial charge on any atom is -0.370 e. The number of nitrogens with zero attached hydrogens (tertiary/aromatic N) is 2. The standard InChI is InChI=1S/C16H27N3O2/c1-10-12(17)7-6-11(15(10,2)3)13-18-14(19-21-13)16(20-4)8-5-9-16/h10-12H,5-9,17H2,1-4H3. The van der Waals surface area contributed by atoms with Crippen LogP contribution in [0.5, 0.6) is 0 Å². The van der Waals surface area contributed by atoms with Crippen LogP contribution in [0.25, 0.3) is 0 Å². The second-order valence-electron chi connectivity index (χ2n) is 7.41. The Bertz CT molecular complexity index is 502. The molecular formula is C16H27N3O2. The van der Waals surface area contributed by atoms with Crippen LogP contribution in [0.3, 0.4) is 0 Å². The molecule has 118 valence electrons. The van der Waals surface area contributed by atoms with Crippen LogP contribution in [0, 0.1) is 11.3 Å². The van der Waals surface area contributed by atoms with E-state index in [2.05, 4.69) is 25.9 Å². The number of aromatic nitrogens is 2. The Hall–Kier alpha value is -0.940. The fourth-order valence-electron chi connectivity index (χ4n) is 3.87.